The highest BCUT2D eigenvalue weighted by molar-refractivity contribution is 9.10. The van der Waals surface area contributed by atoms with Crippen LogP contribution in [0.15, 0.2) is 40.3 Å². The molecule has 0 radical (unpaired) electrons. The second-order valence-corrected chi connectivity index (χ2v) is 11.4. The zero-order chi connectivity index (χ0) is 25.6. The van der Waals surface area contributed by atoms with Crippen LogP contribution >= 0.6 is 62.0 Å². The molecular weight excluding hydrogens is 622 g/mol. The molecule has 4 aromatic rings. The fourth-order valence-corrected chi connectivity index (χ4v) is 6.56. The maximum atomic E-state index is 14.0. The molecule has 1 amide bonds. The van der Waals surface area contributed by atoms with Crippen LogP contribution in [-0.2, 0) is 6.18 Å². The molecule has 14 heteroatoms. The van der Waals surface area contributed by atoms with Crippen LogP contribution in [0, 0.1) is 0 Å². The summed E-state index contributed by atoms with van der Waals surface area (Å²) in [5, 5.41) is 7.27. The maximum absolute atomic E-state index is 14.0. The number of thiazole rings is 1. The third-order valence-electron chi connectivity index (χ3n) is 5.82. The van der Waals surface area contributed by atoms with Crippen molar-refractivity contribution >= 4 is 67.9 Å². The van der Waals surface area contributed by atoms with Gasteiger partial charge in [0.1, 0.15) is 0 Å². The lowest BCUT2D eigenvalue weighted by molar-refractivity contribution is -0.143. The molecule has 0 bridgehead atoms. The van der Waals surface area contributed by atoms with E-state index in [2.05, 4.69) is 30.4 Å². The second-order valence-electron chi connectivity index (χ2n) is 8.05. The van der Waals surface area contributed by atoms with Gasteiger partial charge in [0.15, 0.2) is 10.8 Å². The van der Waals surface area contributed by atoms with Crippen molar-refractivity contribution in [1.29, 1.82) is 0 Å². The van der Waals surface area contributed by atoms with Gasteiger partial charge in [-0.2, -0.15) is 22.6 Å². The Labute approximate surface area is 230 Å². The second kappa shape index (κ2) is 10.1. The van der Waals surface area contributed by atoms with E-state index < -0.39 is 23.3 Å². The number of hydrogen-bond donors (Lipinski definition) is 0. The molecule has 0 saturated carbocycles. The Morgan fingerprint density at radius 3 is 2.44 bits per heavy atom. The SMILES string of the molecule is O=C(c1cnn(-c2ccc(Br)cc2)c1C(F)(F)F)N1CCC(c2nc(-c3snc(Cl)c3Cl)cs2)CC1. The van der Waals surface area contributed by atoms with E-state index in [0.29, 0.717) is 41.5 Å². The number of nitrogens with zero attached hydrogens (tertiary/aromatic N) is 5. The number of piperidine rings is 1. The van der Waals surface area contributed by atoms with Crippen LogP contribution in [0.5, 0.6) is 0 Å². The van der Waals surface area contributed by atoms with Crippen LogP contribution in [-0.4, -0.2) is 43.0 Å². The van der Waals surface area contributed by atoms with E-state index in [4.69, 9.17) is 23.2 Å². The first-order chi connectivity index (χ1) is 17.1. The van der Waals surface area contributed by atoms with Crippen molar-refractivity contribution in [3.8, 4) is 16.3 Å². The summed E-state index contributed by atoms with van der Waals surface area (Å²) in [6.45, 7) is 0.624. The Balaban J connectivity index is 1.32. The minimum absolute atomic E-state index is 0.0857. The van der Waals surface area contributed by atoms with Gasteiger partial charge in [0.2, 0.25) is 0 Å². The average molecular weight is 637 g/mol. The Morgan fingerprint density at radius 2 is 1.83 bits per heavy atom. The number of likely N-dealkylation sites (tertiary alicyclic amines) is 1. The van der Waals surface area contributed by atoms with Crippen LogP contribution in [0.1, 0.15) is 39.8 Å². The number of carbonyl (C=O) groups is 1. The van der Waals surface area contributed by atoms with E-state index in [1.54, 1.807) is 12.1 Å². The molecule has 0 atom stereocenters. The minimum atomic E-state index is -4.76. The number of aromatic nitrogens is 4. The number of carbonyl (C=O) groups excluding carboxylic acids is 1. The standard InChI is InChI=1S/C22H15BrCl2F3N5OS2/c23-12-1-3-13(4-2-12)33-18(22(26,27)28)14(9-29-33)21(34)32-7-5-11(6-8-32)20-30-15(10-35-20)17-16(24)19(25)31-36-17/h1-4,9-11H,5-8H2. The molecule has 1 aliphatic heterocycles. The van der Waals surface area contributed by atoms with Crippen molar-refractivity contribution in [3.05, 3.63) is 66.8 Å². The number of halogens is 6. The highest BCUT2D eigenvalue weighted by Crippen LogP contribution is 2.40. The summed E-state index contributed by atoms with van der Waals surface area (Å²) in [4.78, 5) is 20.0. The summed E-state index contributed by atoms with van der Waals surface area (Å²) in [6.07, 6.45) is -2.60. The molecule has 0 N–H and O–H groups in total. The van der Waals surface area contributed by atoms with Crippen molar-refractivity contribution < 1.29 is 18.0 Å². The van der Waals surface area contributed by atoms with Crippen LogP contribution in [0.2, 0.25) is 10.2 Å². The lowest BCUT2D eigenvalue weighted by Crippen LogP contribution is -2.38. The topological polar surface area (TPSA) is 63.9 Å². The Kier molecular flexibility index (Phi) is 7.16. The largest absolute Gasteiger partial charge is 0.434 e. The third-order valence-corrected chi connectivity index (χ3v) is 9.18. The monoisotopic (exact) mass is 635 g/mol. The smallest absolute Gasteiger partial charge is 0.338 e. The van der Waals surface area contributed by atoms with E-state index >= 15 is 0 Å². The van der Waals surface area contributed by atoms with Crippen LogP contribution in [0.3, 0.4) is 0 Å². The summed E-state index contributed by atoms with van der Waals surface area (Å²) in [5.41, 5.74) is -0.637. The molecule has 1 aliphatic rings. The van der Waals surface area contributed by atoms with E-state index in [1.807, 2.05) is 5.38 Å². The highest BCUT2D eigenvalue weighted by atomic mass is 79.9. The fourth-order valence-electron chi connectivity index (χ4n) is 4.05. The van der Waals surface area contributed by atoms with Gasteiger partial charge < -0.3 is 4.90 Å². The maximum Gasteiger partial charge on any atom is 0.434 e. The van der Waals surface area contributed by atoms with E-state index in [-0.39, 0.29) is 16.8 Å². The molecule has 0 aliphatic carbocycles. The molecular formula is C22H15BrCl2F3N5OS2. The normalized spacial score (nSPS) is 15.0. The van der Waals surface area contributed by atoms with Crippen molar-refractivity contribution in [2.75, 3.05) is 13.1 Å². The van der Waals surface area contributed by atoms with Crippen LogP contribution in [0.4, 0.5) is 13.2 Å². The van der Waals surface area contributed by atoms with Gasteiger partial charge in [-0.15, -0.1) is 11.3 Å². The molecule has 188 valence electrons. The molecule has 1 saturated heterocycles. The van der Waals surface area contributed by atoms with Gasteiger partial charge in [0.25, 0.3) is 5.91 Å². The molecule has 4 heterocycles. The van der Waals surface area contributed by atoms with Gasteiger partial charge in [-0.1, -0.05) is 39.1 Å². The Hall–Kier alpha value is -1.99. The first kappa shape index (κ1) is 25.7. The minimum Gasteiger partial charge on any atom is -0.338 e. The summed E-state index contributed by atoms with van der Waals surface area (Å²) in [5.74, 6) is -0.599. The van der Waals surface area contributed by atoms with Gasteiger partial charge in [0, 0.05) is 28.9 Å². The molecule has 1 aromatic carbocycles. The van der Waals surface area contributed by atoms with Crippen LogP contribution in [0.25, 0.3) is 16.3 Å². The first-order valence-electron chi connectivity index (χ1n) is 10.6. The lowest BCUT2D eigenvalue weighted by atomic mass is 9.97. The Bertz CT molecular complexity index is 1410. The number of amides is 1. The molecule has 0 unspecified atom stereocenters. The summed E-state index contributed by atoms with van der Waals surface area (Å²) in [6, 6.07) is 6.24. The average Bonchev–Trinajstić information content (AvgIpc) is 3.58. The highest BCUT2D eigenvalue weighted by Gasteiger charge is 2.42. The first-order valence-corrected chi connectivity index (χ1v) is 13.8. The third kappa shape index (κ3) is 4.93. The molecule has 5 rings (SSSR count). The lowest BCUT2D eigenvalue weighted by Gasteiger charge is -2.31. The van der Waals surface area contributed by atoms with E-state index in [0.717, 1.165) is 20.4 Å². The van der Waals surface area contributed by atoms with Gasteiger partial charge >= 0.3 is 6.18 Å². The molecule has 3 aromatic heterocycles. The van der Waals surface area contributed by atoms with Crippen molar-refractivity contribution in [2.45, 2.75) is 24.9 Å². The summed E-state index contributed by atoms with van der Waals surface area (Å²) < 4.78 is 47.6. The van der Waals surface area contributed by atoms with Crippen LogP contribution < -0.4 is 0 Å². The van der Waals surface area contributed by atoms with Gasteiger partial charge in [0.05, 0.1) is 38.0 Å². The van der Waals surface area contributed by atoms with Gasteiger partial charge in [-0.05, 0) is 48.6 Å². The predicted octanol–water partition coefficient (Wildman–Crippen LogP) is 7.56. The Morgan fingerprint density at radius 1 is 1.14 bits per heavy atom. The van der Waals surface area contributed by atoms with E-state index in [9.17, 15) is 18.0 Å². The zero-order valence-corrected chi connectivity index (χ0v) is 22.8. The zero-order valence-electron chi connectivity index (χ0n) is 18.1. The predicted molar refractivity (Wildman–Crippen MR) is 137 cm³/mol. The summed E-state index contributed by atoms with van der Waals surface area (Å²) >= 11 is 18.0. The number of hydrogen-bond acceptors (Lipinski definition) is 6. The number of rotatable bonds is 4. The number of alkyl halides is 3. The van der Waals surface area contributed by atoms with Crippen molar-refractivity contribution in [1.82, 2.24) is 24.0 Å². The van der Waals surface area contributed by atoms with E-state index in [1.165, 1.54) is 39.9 Å². The summed E-state index contributed by atoms with van der Waals surface area (Å²) in [7, 11) is 0. The van der Waals surface area contributed by atoms with Crippen molar-refractivity contribution in [3.63, 3.8) is 0 Å². The van der Waals surface area contributed by atoms with Crippen molar-refractivity contribution in [2.24, 2.45) is 0 Å². The fraction of sp³-hybridized carbons (Fsp3) is 0.273. The molecule has 36 heavy (non-hydrogen) atoms. The quantitative estimate of drug-likeness (QED) is 0.232. The van der Waals surface area contributed by atoms with Gasteiger partial charge in [-0.3, -0.25) is 4.79 Å². The molecule has 1 fully saturated rings. The molecule has 6 nitrogen and oxygen atoms in total. The number of benzene rings is 1. The van der Waals surface area contributed by atoms with Gasteiger partial charge in [-0.25, -0.2) is 9.67 Å². The molecule has 0 spiro atoms.